The summed E-state index contributed by atoms with van der Waals surface area (Å²) in [6, 6.07) is 0. The topological polar surface area (TPSA) is 38.0 Å². The van der Waals surface area contributed by atoms with E-state index in [1.54, 1.807) is 0 Å². The van der Waals surface area contributed by atoms with Crippen molar-refractivity contribution >= 4 is 0 Å². The lowest BCUT2D eigenvalue weighted by molar-refractivity contribution is -0.171. The van der Waals surface area contributed by atoms with Crippen molar-refractivity contribution in [3.05, 3.63) is 18.0 Å². The van der Waals surface area contributed by atoms with Crippen molar-refractivity contribution in [3.8, 4) is 0 Å². The molecule has 1 aromatic heterocycles. The van der Waals surface area contributed by atoms with Crippen molar-refractivity contribution in [2.24, 2.45) is 30.7 Å². The number of hydrogen-bond donors (Lipinski definition) is 1. The molecule has 0 amide bonds. The minimum absolute atomic E-state index is 0.434. The van der Waals surface area contributed by atoms with Crippen LogP contribution in [-0.2, 0) is 13.5 Å². The predicted molar refractivity (Wildman–Crippen MR) is 68.9 cm³/mol. The Kier molecular flexibility index (Phi) is 2.20. The highest BCUT2D eigenvalue weighted by Crippen LogP contribution is 2.58. The van der Waals surface area contributed by atoms with Gasteiger partial charge in [-0.15, -0.1) is 0 Å². The molecule has 4 saturated carbocycles. The van der Waals surface area contributed by atoms with Gasteiger partial charge in [-0.2, -0.15) is 5.10 Å². The summed E-state index contributed by atoms with van der Waals surface area (Å²) in [5.74, 6) is 2.94. The third-order valence-electron chi connectivity index (χ3n) is 5.80. The van der Waals surface area contributed by atoms with E-state index in [2.05, 4.69) is 11.3 Å². The molecule has 3 nitrogen and oxygen atoms in total. The fourth-order valence-corrected chi connectivity index (χ4v) is 5.18. The third kappa shape index (κ3) is 1.49. The first-order chi connectivity index (χ1) is 8.63. The van der Waals surface area contributed by atoms with Gasteiger partial charge in [-0.05, 0) is 61.3 Å². The second kappa shape index (κ2) is 3.60. The first-order valence-corrected chi connectivity index (χ1v) is 7.33. The van der Waals surface area contributed by atoms with Crippen LogP contribution >= 0.6 is 0 Å². The van der Waals surface area contributed by atoms with Gasteiger partial charge in [-0.25, -0.2) is 0 Å². The Morgan fingerprint density at radius 3 is 2.33 bits per heavy atom. The molecule has 0 radical (unpaired) electrons. The Morgan fingerprint density at radius 2 is 1.83 bits per heavy atom. The average Bonchev–Trinajstić information content (AvgIpc) is 2.71. The van der Waals surface area contributed by atoms with Crippen molar-refractivity contribution in [2.45, 2.75) is 44.1 Å². The quantitative estimate of drug-likeness (QED) is 0.868. The molecule has 4 bridgehead atoms. The Balaban J connectivity index is 1.62. The maximum atomic E-state index is 11.2. The highest BCUT2D eigenvalue weighted by molar-refractivity contribution is 5.15. The highest BCUT2D eigenvalue weighted by Gasteiger charge is 2.56. The van der Waals surface area contributed by atoms with Crippen LogP contribution in [0.1, 0.15) is 37.7 Å². The number of aliphatic hydroxyl groups is 1. The molecule has 4 aliphatic rings. The average molecular weight is 246 g/mol. The standard InChI is InChI=1S/C15H22N2O/c1-17-9-12(8-16-17)7-15(18)13-3-10-2-11(5-13)6-14(15)4-10/h8-11,13-14,18H,2-7H2,1H3. The van der Waals surface area contributed by atoms with E-state index in [0.29, 0.717) is 11.8 Å². The number of nitrogens with zero attached hydrogens (tertiary/aromatic N) is 2. The normalized spacial score (nSPS) is 45.7. The minimum atomic E-state index is -0.434. The summed E-state index contributed by atoms with van der Waals surface area (Å²) in [7, 11) is 1.95. The van der Waals surface area contributed by atoms with E-state index in [-0.39, 0.29) is 0 Å². The monoisotopic (exact) mass is 246 g/mol. The lowest BCUT2D eigenvalue weighted by Gasteiger charge is -2.59. The second-order valence-corrected chi connectivity index (χ2v) is 6.99. The van der Waals surface area contributed by atoms with Gasteiger partial charge in [-0.1, -0.05) is 0 Å². The van der Waals surface area contributed by atoms with Crippen molar-refractivity contribution in [2.75, 3.05) is 0 Å². The number of aromatic nitrogens is 2. The van der Waals surface area contributed by atoms with Gasteiger partial charge in [-0.3, -0.25) is 4.68 Å². The molecular formula is C15H22N2O. The number of aryl methyl sites for hydroxylation is 1. The molecule has 1 heterocycles. The summed E-state index contributed by atoms with van der Waals surface area (Å²) in [4.78, 5) is 0. The third-order valence-corrected chi connectivity index (χ3v) is 5.80. The van der Waals surface area contributed by atoms with Crippen LogP contribution in [0, 0.1) is 23.7 Å². The molecular weight excluding hydrogens is 224 g/mol. The highest BCUT2D eigenvalue weighted by atomic mass is 16.3. The van der Waals surface area contributed by atoms with E-state index in [9.17, 15) is 5.11 Å². The van der Waals surface area contributed by atoms with Gasteiger partial charge in [0.1, 0.15) is 0 Å². The molecule has 1 N–H and O–H groups in total. The molecule has 1 aromatic rings. The molecule has 4 fully saturated rings. The van der Waals surface area contributed by atoms with Gasteiger partial charge in [0.25, 0.3) is 0 Å². The molecule has 3 heteroatoms. The van der Waals surface area contributed by atoms with Crippen LogP contribution in [0.2, 0.25) is 0 Å². The Bertz CT molecular complexity index is 437. The van der Waals surface area contributed by atoms with Crippen LogP contribution < -0.4 is 0 Å². The van der Waals surface area contributed by atoms with Crippen LogP contribution in [0.25, 0.3) is 0 Å². The largest absolute Gasteiger partial charge is 0.389 e. The van der Waals surface area contributed by atoms with Crippen molar-refractivity contribution < 1.29 is 5.11 Å². The Labute approximate surface area is 108 Å². The minimum Gasteiger partial charge on any atom is -0.389 e. The zero-order valence-corrected chi connectivity index (χ0v) is 11.0. The van der Waals surface area contributed by atoms with E-state index < -0.39 is 5.60 Å². The molecule has 0 saturated heterocycles. The van der Waals surface area contributed by atoms with Crippen LogP contribution in [0.5, 0.6) is 0 Å². The van der Waals surface area contributed by atoms with Gasteiger partial charge in [0, 0.05) is 19.7 Å². The van der Waals surface area contributed by atoms with E-state index in [0.717, 1.165) is 18.3 Å². The van der Waals surface area contributed by atoms with Crippen LogP contribution in [0.4, 0.5) is 0 Å². The van der Waals surface area contributed by atoms with Crippen molar-refractivity contribution in [1.82, 2.24) is 9.78 Å². The molecule has 0 spiro atoms. The lowest BCUT2D eigenvalue weighted by Crippen LogP contribution is -2.58. The zero-order valence-electron chi connectivity index (χ0n) is 11.0. The van der Waals surface area contributed by atoms with Crippen molar-refractivity contribution in [1.29, 1.82) is 0 Å². The number of hydrogen-bond acceptors (Lipinski definition) is 2. The fraction of sp³-hybridized carbons (Fsp3) is 0.800. The molecule has 0 atom stereocenters. The first-order valence-electron chi connectivity index (χ1n) is 7.33. The maximum absolute atomic E-state index is 11.2. The van der Waals surface area contributed by atoms with Gasteiger partial charge < -0.3 is 5.11 Å². The summed E-state index contributed by atoms with van der Waals surface area (Å²) >= 11 is 0. The summed E-state index contributed by atoms with van der Waals surface area (Å²) in [6.45, 7) is 0. The number of rotatable bonds is 2. The van der Waals surface area contributed by atoms with E-state index in [1.807, 2.05) is 17.9 Å². The maximum Gasteiger partial charge on any atom is 0.0745 e. The first kappa shape index (κ1) is 11.0. The van der Waals surface area contributed by atoms with Crippen molar-refractivity contribution in [3.63, 3.8) is 0 Å². The smallest absolute Gasteiger partial charge is 0.0745 e. The second-order valence-electron chi connectivity index (χ2n) is 6.99. The van der Waals surface area contributed by atoms with Crippen LogP contribution in [0.3, 0.4) is 0 Å². The van der Waals surface area contributed by atoms with Gasteiger partial charge >= 0.3 is 0 Å². The zero-order chi connectivity index (χ0) is 12.3. The molecule has 18 heavy (non-hydrogen) atoms. The van der Waals surface area contributed by atoms with Gasteiger partial charge in [0.2, 0.25) is 0 Å². The summed E-state index contributed by atoms with van der Waals surface area (Å²) in [6.07, 6.45) is 11.3. The van der Waals surface area contributed by atoms with Crippen LogP contribution in [0.15, 0.2) is 12.4 Å². The van der Waals surface area contributed by atoms with E-state index >= 15 is 0 Å². The Hall–Kier alpha value is -0.830. The Morgan fingerprint density at radius 1 is 1.22 bits per heavy atom. The molecule has 98 valence electrons. The molecule has 0 unspecified atom stereocenters. The molecule has 5 rings (SSSR count). The van der Waals surface area contributed by atoms with Gasteiger partial charge in [0.15, 0.2) is 0 Å². The predicted octanol–water partition coefficient (Wildman–Crippen LogP) is 2.15. The SMILES string of the molecule is Cn1cc(CC2(O)C3CC4CC(C3)CC2C4)cn1. The van der Waals surface area contributed by atoms with E-state index in [1.165, 1.54) is 37.7 Å². The molecule has 4 aliphatic carbocycles. The summed E-state index contributed by atoms with van der Waals surface area (Å²) in [5.41, 5.74) is 0.767. The van der Waals surface area contributed by atoms with E-state index in [4.69, 9.17) is 0 Å². The molecule has 0 aliphatic heterocycles. The summed E-state index contributed by atoms with van der Waals surface area (Å²) < 4.78 is 1.84. The molecule has 0 aromatic carbocycles. The van der Waals surface area contributed by atoms with Crippen LogP contribution in [-0.4, -0.2) is 20.5 Å². The summed E-state index contributed by atoms with van der Waals surface area (Å²) in [5, 5.41) is 15.5. The fourth-order valence-electron chi connectivity index (χ4n) is 5.18. The van der Waals surface area contributed by atoms with Gasteiger partial charge in [0.05, 0.1) is 11.8 Å². The lowest BCUT2D eigenvalue weighted by atomic mass is 9.49.